The number of rotatable bonds is 3. The zero-order valence-electron chi connectivity index (χ0n) is 9.82. The molecule has 0 aromatic heterocycles. The topological polar surface area (TPSA) is 43.4 Å². The number of carbonyl (C=O) groups is 2. The van der Waals surface area contributed by atoms with Crippen LogP contribution in [0, 0.1) is 5.92 Å². The van der Waals surface area contributed by atoms with Crippen molar-refractivity contribution in [3.8, 4) is 0 Å². The summed E-state index contributed by atoms with van der Waals surface area (Å²) in [6.07, 6.45) is -0.829. The van der Waals surface area contributed by atoms with Gasteiger partial charge < -0.3 is 4.74 Å². The molecule has 2 rings (SSSR count). The van der Waals surface area contributed by atoms with E-state index in [9.17, 15) is 9.59 Å². The smallest absolute Gasteiger partial charge is 0.351 e. The minimum absolute atomic E-state index is 0.0708. The lowest BCUT2D eigenvalue weighted by molar-refractivity contribution is -0.140. The number of hydrogen-bond donors (Lipinski definition) is 0. The van der Waals surface area contributed by atoms with E-state index in [4.69, 9.17) is 39.5 Å². The van der Waals surface area contributed by atoms with Crippen LogP contribution in [-0.2, 0) is 9.53 Å². The third-order valence-electron chi connectivity index (χ3n) is 2.87. The predicted octanol–water partition coefficient (Wildman–Crippen LogP) is 3.77. The number of ketones is 1. The Morgan fingerprint density at radius 2 is 1.79 bits per heavy atom. The molecule has 1 aliphatic heterocycles. The van der Waals surface area contributed by atoms with Gasteiger partial charge in [-0.3, -0.25) is 4.79 Å². The number of cyclic esters (lactones) is 1. The zero-order valence-corrected chi connectivity index (χ0v) is 12.1. The van der Waals surface area contributed by atoms with Crippen LogP contribution < -0.4 is 0 Å². The highest BCUT2D eigenvalue weighted by Gasteiger charge is 2.38. The first-order valence-corrected chi connectivity index (χ1v) is 6.61. The minimum atomic E-state index is -0.829. The fraction of sp³-hybridized carbons (Fsp3) is 0.231. The van der Waals surface area contributed by atoms with Gasteiger partial charge in [0.2, 0.25) is 0 Å². The molecular formula is C13H9Cl3O3. The fourth-order valence-corrected chi connectivity index (χ4v) is 2.37. The molecule has 0 amide bonds. The number of Topliss-reactive ketones (excluding diaryl/α,β-unsaturated/α-hetero) is 1. The van der Waals surface area contributed by atoms with Gasteiger partial charge in [0.25, 0.3) is 0 Å². The normalized spacial score (nSPS) is 20.4. The molecule has 3 nitrogen and oxygen atoms in total. The molecule has 0 N–H and O–H groups in total. The third kappa shape index (κ3) is 2.78. The first-order chi connectivity index (χ1) is 8.91. The summed E-state index contributed by atoms with van der Waals surface area (Å²) in [7, 11) is 0. The van der Waals surface area contributed by atoms with E-state index in [0.717, 1.165) is 0 Å². The Labute approximate surface area is 125 Å². The minimum Gasteiger partial charge on any atom is -0.451 e. The average Bonchev–Trinajstić information content (AvgIpc) is 2.66. The van der Waals surface area contributed by atoms with Gasteiger partial charge in [0.15, 0.2) is 5.78 Å². The van der Waals surface area contributed by atoms with Gasteiger partial charge >= 0.3 is 5.97 Å². The first kappa shape index (κ1) is 14.4. The summed E-state index contributed by atoms with van der Waals surface area (Å²) in [5.74, 6) is -1.51. The van der Waals surface area contributed by atoms with Crippen molar-refractivity contribution in [2.45, 2.75) is 13.0 Å². The van der Waals surface area contributed by atoms with E-state index in [-0.39, 0.29) is 15.8 Å². The Bertz CT molecular complexity index is 563. The summed E-state index contributed by atoms with van der Waals surface area (Å²) in [4.78, 5) is 23.5. The van der Waals surface area contributed by atoms with Crippen LogP contribution in [-0.4, -0.2) is 17.9 Å². The number of ether oxygens (including phenoxy) is 1. The summed E-state index contributed by atoms with van der Waals surface area (Å²) < 4.78 is 4.99. The van der Waals surface area contributed by atoms with Crippen LogP contribution in [0.15, 0.2) is 34.3 Å². The van der Waals surface area contributed by atoms with Crippen LogP contribution in [0.3, 0.4) is 0 Å². The fourth-order valence-electron chi connectivity index (χ4n) is 1.78. The van der Waals surface area contributed by atoms with Gasteiger partial charge in [-0.05, 0) is 24.3 Å². The van der Waals surface area contributed by atoms with Crippen LogP contribution in [0.2, 0.25) is 5.02 Å². The van der Waals surface area contributed by atoms with Gasteiger partial charge in [0.05, 0.1) is 11.0 Å². The van der Waals surface area contributed by atoms with Crippen molar-refractivity contribution < 1.29 is 14.3 Å². The summed E-state index contributed by atoms with van der Waals surface area (Å²) in [5.41, 5.74) is 0.473. The summed E-state index contributed by atoms with van der Waals surface area (Å²) >= 11 is 17.3. The molecule has 0 spiro atoms. The van der Waals surface area contributed by atoms with Crippen LogP contribution in [0.5, 0.6) is 0 Å². The van der Waals surface area contributed by atoms with Crippen molar-refractivity contribution in [2.75, 3.05) is 0 Å². The summed E-state index contributed by atoms with van der Waals surface area (Å²) in [5, 5.41) is 0.446. The van der Waals surface area contributed by atoms with Gasteiger partial charge in [-0.25, -0.2) is 4.79 Å². The maximum absolute atomic E-state index is 12.2. The molecule has 0 saturated carbocycles. The largest absolute Gasteiger partial charge is 0.451 e. The van der Waals surface area contributed by atoms with Crippen molar-refractivity contribution in [3.63, 3.8) is 0 Å². The Kier molecular flexibility index (Phi) is 4.19. The molecule has 0 unspecified atom stereocenters. The summed E-state index contributed by atoms with van der Waals surface area (Å²) in [6, 6.07) is 6.45. The van der Waals surface area contributed by atoms with Gasteiger partial charge in [-0.15, -0.1) is 0 Å². The standard InChI is InChI=1S/C13H9Cl3O3/c1-6(12-9(15)10(16)13(18)19-12)11(17)7-2-4-8(14)5-3-7/h2-6,12H,1H3/t6-,12+/m0/s1. The van der Waals surface area contributed by atoms with E-state index in [1.54, 1.807) is 31.2 Å². The summed E-state index contributed by atoms with van der Waals surface area (Å²) in [6.45, 7) is 1.63. The SMILES string of the molecule is C[C@@H](C(=O)c1ccc(Cl)cc1)[C@H]1OC(=O)C(Cl)=C1Cl. The Balaban J connectivity index is 2.21. The molecule has 19 heavy (non-hydrogen) atoms. The van der Waals surface area contributed by atoms with Gasteiger partial charge in [0.1, 0.15) is 11.1 Å². The third-order valence-corrected chi connectivity index (χ3v) is 3.98. The number of carbonyl (C=O) groups excluding carboxylic acids is 2. The Morgan fingerprint density at radius 3 is 2.26 bits per heavy atom. The van der Waals surface area contributed by atoms with Crippen molar-refractivity contribution >= 4 is 46.6 Å². The van der Waals surface area contributed by atoms with Crippen molar-refractivity contribution in [1.82, 2.24) is 0 Å². The molecule has 1 aliphatic rings. The van der Waals surface area contributed by atoms with E-state index in [1.165, 1.54) is 0 Å². The Morgan fingerprint density at radius 1 is 1.21 bits per heavy atom. The average molecular weight is 320 g/mol. The number of benzene rings is 1. The molecule has 1 aromatic carbocycles. The number of halogens is 3. The van der Waals surface area contributed by atoms with Crippen LogP contribution in [0.1, 0.15) is 17.3 Å². The quantitative estimate of drug-likeness (QED) is 0.629. The molecule has 0 fully saturated rings. The maximum atomic E-state index is 12.2. The molecule has 0 radical (unpaired) electrons. The molecule has 2 atom stereocenters. The lowest BCUT2D eigenvalue weighted by Crippen LogP contribution is -2.27. The molecule has 0 saturated heterocycles. The second kappa shape index (κ2) is 5.53. The monoisotopic (exact) mass is 318 g/mol. The molecule has 6 heteroatoms. The zero-order chi connectivity index (χ0) is 14.2. The van der Waals surface area contributed by atoms with E-state index in [2.05, 4.69) is 0 Å². The van der Waals surface area contributed by atoms with E-state index in [0.29, 0.717) is 10.6 Å². The van der Waals surface area contributed by atoms with Gasteiger partial charge in [0, 0.05) is 10.6 Å². The van der Waals surface area contributed by atoms with Crippen molar-refractivity contribution in [1.29, 1.82) is 0 Å². The van der Waals surface area contributed by atoms with E-state index in [1.807, 2.05) is 0 Å². The molecule has 1 aromatic rings. The highest BCUT2D eigenvalue weighted by Crippen LogP contribution is 2.34. The molecule has 0 bridgehead atoms. The van der Waals surface area contributed by atoms with Crippen molar-refractivity contribution in [2.24, 2.45) is 5.92 Å². The highest BCUT2D eigenvalue weighted by molar-refractivity contribution is 6.48. The first-order valence-electron chi connectivity index (χ1n) is 5.47. The number of esters is 1. The van der Waals surface area contributed by atoms with Crippen LogP contribution in [0.25, 0.3) is 0 Å². The maximum Gasteiger partial charge on any atom is 0.351 e. The lowest BCUT2D eigenvalue weighted by atomic mass is 9.94. The van der Waals surface area contributed by atoms with Crippen LogP contribution in [0.4, 0.5) is 0 Å². The van der Waals surface area contributed by atoms with Gasteiger partial charge in [-0.2, -0.15) is 0 Å². The van der Waals surface area contributed by atoms with E-state index < -0.39 is 18.0 Å². The van der Waals surface area contributed by atoms with Crippen molar-refractivity contribution in [3.05, 3.63) is 44.9 Å². The number of hydrogen-bond acceptors (Lipinski definition) is 3. The Hall–Kier alpha value is -1.03. The molecule has 100 valence electrons. The lowest BCUT2D eigenvalue weighted by Gasteiger charge is -2.17. The highest BCUT2D eigenvalue weighted by atomic mass is 35.5. The predicted molar refractivity (Wildman–Crippen MR) is 73.6 cm³/mol. The molecule has 0 aliphatic carbocycles. The van der Waals surface area contributed by atoms with Gasteiger partial charge in [-0.1, -0.05) is 41.7 Å². The molecule has 1 heterocycles. The van der Waals surface area contributed by atoms with E-state index >= 15 is 0 Å². The van der Waals surface area contributed by atoms with Crippen LogP contribution >= 0.6 is 34.8 Å². The second-order valence-corrected chi connectivity index (χ2v) is 5.37. The molecular weight excluding hydrogens is 310 g/mol. The second-order valence-electron chi connectivity index (χ2n) is 4.15.